The van der Waals surface area contributed by atoms with E-state index in [9.17, 15) is 0 Å². The molecule has 0 saturated heterocycles. The number of hydrogen-bond acceptors (Lipinski definition) is 1. The van der Waals surface area contributed by atoms with Gasteiger partial charge in [0.25, 0.3) is 0 Å². The van der Waals surface area contributed by atoms with Gasteiger partial charge in [0.15, 0.2) is 0 Å². The molecule has 0 fully saturated rings. The minimum absolute atomic E-state index is 0.157. The Hall–Kier alpha value is 0.480. The van der Waals surface area contributed by atoms with Crippen molar-refractivity contribution in [2.75, 3.05) is 12.4 Å². The van der Waals surface area contributed by atoms with Crippen LogP contribution in [0.4, 0.5) is 5.69 Å². The monoisotopic (exact) mass is 443 g/mol. The Labute approximate surface area is 126 Å². The quantitative estimate of drug-likeness (QED) is 0.509. The molecule has 0 atom stereocenters. The number of nitrogens with one attached hydrogen (secondary N) is 1. The molecular formula is C13H19I2N. The third-order valence-corrected chi connectivity index (χ3v) is 3.82. The van der Waals surface area contributed by atoms with Crippen LogP contribution in [0.25, 0.3) is 0 Å². The summed E-state index contributed by atoms with van der Waals surface area (Å²) in [7, 11) is 1.99. The maximum Gasteiger partial charge on any atom is 0.0434 e. The largest absolute Gasteiger partial charge is 0.388 e. The molecule has 90 valence electrons. The van der Waals surface area contributed by atoms with Gasteiger partial charge in [-0.25, -0.2) is 0 Å². The van der Waals surface area contributed by atoms with Crippen LogP contribution in [0.3, 0.4) is 0 Å². The van der Waals surface area contributed by atoms with Crippen molar-refractivity contribution in [1.82, 2.24) is 0 Å². The fraction of sp³-hybridized carbons (Fsp3) is 0.538. The van der Waals surface area contributed by atoms with Crippen molar-refractivity contribution in [1.29, 1.82) is 0 Å². The van der Waals surface area contributed by atoms with E-state index in [4.69, 9.17) is 0 Å². The first kappa shape index (κ1) is 14.5. The van der Waals surface area contributed by atoms with Crippen molar-refractivity contribution in [2.45, 2.75) is 34.5 Å². The number of benzene rings is 1. The van der Waals surface area contributed by atoms with Crippen molar-refractivity contribution in [2.24, 2.45) is 0 Å². The molecule has 0 aromatic heterocycles. The van der Waals surface area contributed by atoms with E-state index < -0.39 is 0 Å². The number of anilines is 1. The van der Waals surface area contributed by atoms with Crippen molar-refractivity contribution in [3.63, 3.8) is 0 Å². The van der Waals surface area contributed by atoms with Gasteiger partial charge in [0.1, 0.15) is 0 Å². The van der Waals surface area contributed by atoms with Gasteiger partial charge in [-0.15, -0.1) is 0 Å². The predicted molar refractivity (Wildman–Crippen MR) is 90.1 cm³/mol. The summed E-state index contributed by atoms with van der Waals surface area (Å²) >= 11 is 4.96. The van der Waals surface area contributed by atoms with E-state index in [1.165, 1.54) is 16.8 Å². The van der Waals surface area contributed by atoms with Crippen molar-refractivity contribution >= 4 is 50.9 Å². The highest BCUT2D eigenvalue weighted by Crippen LogP contribution is 2.39. The number of halogens is 2. The van der Waals surface area contributed by atoms with Gasteiger partial charge in [-0.3, -0.25) is 0 Å². The van der Waals surface area contributed by atoms with Gasteiger partial charge in [0, 0.05) is 19.6 Å². The van der Waals surface area contributed by atoms with Crippen LogP contribution in [0.15, 0.2) is 18.2 Å². The van der Waals surface area contributed by atoms with Gasteiger partial charge in [-0.1, -0.05) is 57.3 Å². The lowest BCUT2D eigenvalue weighted by Crippen LogP contribution is -2.13. The van der Waals surface area contributed by atoms with Gasteiger partial charge in [-0.05, 0) is 44.9 Å². The highest BCUT2D eigenvalue weighted by atomic mass is 127. The summed E-state index contributed by atoms with van der Waals surface area (Å²) in [5.41, 5.74) is 3.96. The molecule has 0 spiro atoms. The molecule has 1 aromatic carbocycles. The second kappa shape index (κ2) is 5.00. The van der Waals surface area contributed by atoms with E-state index in [-0.39, 0.29) is 6.84 Å². The fourth-order valence-corrected chi connectivity index (χ4v) is 2.45. The predicted octanol–water partition coefficient (Wildman–Crippen LogP) is 5.07. The maximum absolute atomic E-state index is 3.31. The summed E-state index contributed by atoms with van der Waals surface area (Å²) in [6.45, 7) is 8.94. The van der Waals surface area contributed by atoms with Crippen molar-refractivity contribution in [3.8, 4) is 0 Å². The van der Waals surface area contributed by atoms with Gasteiger partial charge in [0.2, 0.25) is 0 Å². The highest BCUT2D eigenvalue weighted by Gasteiger charge is 2.22. The Morgan fingerprint density at radius 1 is 1.00 bits per heavy atom. The topological polar surface area (TPSA) is 12.0 Å². The standard InChI is InChI=1S/C13H19I2N/c1-12(2,14)9-6-7-10(13(3,4)15)11(8-9)16-5/h6-8,16H,1-5H3. The molecule has 1 aromatic rings. The van der Waals surface area contributed by atoms with Crippen molar-refractivity contribution in [3.05, 3.63) is 29.3 Å². The van der Waals surface area contributed by atoms with Gasteiger partial charge in [0.05, 0.1) is 0 Å². The SMILES string of the molecule is CNc1cc(C(C)(C)I)ccc1C(C)(C)I. The molecule has 0 heterocycles. The molecule has 1 rings (SSSR count). The van der Waals surface area contributed by atoms with E-state index >= 15 is 0 Å². The van der Waals surface area contributed by atoms with E-state index in [0.717, 1.165) is 0 Å². The Kier molecular flexibility index (Phi) is 4.54. The molecule has 0 aliphatic heterocycles. The summed E-state index contributed by atoms with van der Waals surface area (Å²) < 4.78 is 0.335. The second-order valence-corrected chi connectivity index (χ2v) is 10.3. The van der Waals surface area contributed by atoms with Crippen LogP contribution in [0.2, 0.25) is 0 Å². The first-order valence-corrected chi connectivity index (χ1v) is 7.52. The number of hydrogen-bond donors (Lipinski definition) is 1. The van der Waals surface area contributed by atoms with Crippen LogP contribution in [0.1, 0.15) is 38.8 Å². The summed E-state index contributed by atoms with van der Waals surface area (Å²) in [4.78, 5) is 0. The summed E-state index contributed by atoms with van der Waals surface area (Å²) in [5.74, 6) is 0. The van der Waals surface area contributed by atoms with Crippen LogP contribution >= 0.6 is 45.2 Å². The summed E-state index contributed by atoms with van der Waals surface area (Å²) in [6.07, 6.45) is 0. The Morgan fingerprint density at radius 2 is 1.56 bits per heavy atom. The third kappa shape index (κ3) is 3.48. The van der Waals surface area contributed by atoms with Crippen LogP contribution in [-0.4, -0.2) is 7.05 Å². The van der Waals surface area contributed by atoms with E-state index in [1.807, 2.05) is 7.05 Å². The lowest BCUT2D eigenvalue weighted by molar-refractivity contribution is 0.808. The van der Waals surface area contributed by atoms with Gasteiger partial charge < -0.3 is 5.32 Å². The van der Waals surface area contributed by atoms with E-state index in [2.05, 4.69) is 96.4 Å². The summed E-state index contributed by atoms with van der Waals surface area (Å²) in [6, 6.07) is 6.75. The molecule has 3 heteroatoms. The van der Waals surface area contributed by atoms with E-state index in [1.54, 1.807) is 0 Å². The normalized spacial score (nSPS) is 12.7. The molecule has 0 aliphatic carbocycles. The average molecular weight is 443 g/mol. The van der Waals surface area contributed by atoms with Crippen LogP contribution in [0, 0.1) is 0 Å². The number of rotatable bonds is 3. The minimum Gasteiger partial charge on any atom is -0.388 e. The van der Waals surface area contributed by atoms with Gasteiger partial charge in [-0.2, -0.15) is 0 Å². The Morgan fingerprint density at radius 3 is 1.94 bits per heavy atom. The molecule has 1 nitrogen and oxygen atoms in total. The molecule has 0 aliphatic rings. The Bertz CT molecular complexity index is 372. The smallest absolute Gasteiger partial charge is 0.0434 e. The van der Waals surface area contributed by atoms with Crippen molar-refractivity contribution < 1.29 is 0 Å². The molecule has 0 bridgehead atoms. The van der Waals surface area contributed by atoms with Crippen LogP contribution in [0.5, 0.6) is 0 Å². The molecule has 0 amide bonds. The minimum atomic E-state index is 0.157. The first-order chi connectivity index (χ1) is 7.16. The second-order valence-electron chi connectivity index (χ2n) is 4.96. The maximum atomic E-state index is 3.31. The molecule has 0 radical (unpaired) electrons. The molecular weight excluding hydrogens is 424 g/mol. The van der Waals surface area contributed by atoms with E-state index in [0.29, 0.717) is 0 Å². The van der Waals surface area contributed by atoms with Crippen LogP contribution in [-0.2, 0) is 6.84 Å². The third-order valence-electron chi connectivity index (χ3n) is 2.62. The highest BCUT2D eigenvalue weighted by molar-refractivity contribution is 14.1. The zero-order valence-corrected chi connectivity index (χ0v) is 14.8. The molecule has 0 unspecified atom stereocenters. The van der Waals surface area contributed by atoms with Gasteiger partial charge >= 0.3 is 0 Å². The number of alkyl halides is 2. The summed E-state index contributed by atoms with van der Waals surface area (Å²) in [5, 5.41) is 3.31. The first-order valence-electron chi connectivity index (χ1n) is 5.37. The molecule has 16 heavy (non-hydrogen) atoms. The Balaban J connectivity index is 3.28. The lowest BCUT2D eigenvalue weighted by atomic mass is 9.95. The van der Waals surface area contributed by atoms with Crippen LogP contribution < -0.4 is 5.32 Å². The lowest BCUT2D eigenvalue weighted by Gasteiger charge is -2.24. The zero-order valence-electron chi connectivity index (χ0n) is 10.5. The fourth-order valence-electron chi connectivity index (χ4n) is 1.64. The molecule has 1 N–H and O–H groups in total. The average Bonchev–Trinajstić information content (AvgIpc) is 2.14. The zero-order chi connectivity index (χ0) is 12.6. The molecule has 0 saturated carbocycles.